The molecule has 1 aromatic carbocycles. The minimum Gasteiger partial charge on any atom is -0.383 e. The maximum absolute atomic E-state index is 10.1. The Balaban J connectivity index is 2.81. The van der Waals surface area contributed by atoms with Gasteiger partial charge in [0.2, 0.25) is 0 Å². The maximum atomic E-state index is 10.1. The molecule has 3 nitrogen and oxygen atoms in total. The number of hydrogen-bond acceptors (Lipinski definition) is 3. The van der Waals surface area contributed by atoms with Crippen LogP contribution < -0.4 is 0 Å². The van der Waals surface area contributed by atoms with Crippen LogP contribution >= 0.6 is 0 Å². The van der Waals surface area contributed by atoms with Gasteiger partial charge in [-0.05, 0) is 31.5 Å². The van der Waals surface area contributed by atoms with E-state index in [4.69, 9.17) is 10.00 Å². The highest BCUT2D eigenvalue weighted by Gasteiger charge is 2.22. The Labute approximate surface area is 89.9 Å². The van der Waals surface area contributed by atoms with Crippen LogP contribution in [-0.2, 0) is 10.3 Å². The van der Waals surface area contributed by atoms with Gasteiger partial charge < -0.3 is 9.84 Å². The number of benzene rings is 1. The second-order valence-corrected chi connectivity index (χ2v) is 3.60. The molecule has 0 saturated heterocycles. The minimum atomic E-state index is -0.996. The second-order valence-electron chi connectivity index (χ2n) is 3.60. The highest BCUT2D eigenvalue weighted by Crippen LogP contribution is 2.21. The van der Waals surface area contributed by atoms with Gasteiger partial charge in [-0.25, -0.2) is 0 Å². The van der Waals surface area contributed by atoms with Crippen molar-refractivity contribution in [3.8, 4) is 6.07 Å². The predicted octanol–water partition coefficient (Wildman–Crippen LogP) is 1.80. The van der Waals surface area contributed by atoms with Gasteiger partial charge in [-0.15, -0.1) is 0 Å². The fourth-order valence-corrected chi connectivity index (χ4v) is 1.29. The van der Waals surface area contributed by atoms with Crippen molar-refractivity contribution in [3.05, 3.63) is 35.4 Å². The molecule has 1 rings (SSSR count). The van der Waals surface area contributed by atoms with Crippen LogP contribution in [0, 0.1) is 11.3 Å². The Morgan fingerprint density at radius 1 is 1.40 bits per heavy atom. The van der Waals surface area contributed by atoms with E-state index in [1.165, 1.54) is 0 Å². The van der Waals surface area contributed by atoms with E-state index in [9.17, 15) is 5.11 Å². The Morgan fingerprint density at radius 3 is 2.47 bits per heavy atom. The van der Waals surface area contributed by atoms with Crippen LogP contribution in [0.3, 0.4) is 0 Å². The lowest BCUT2D eigenvalue weighted by atomic mass is 9.96. The van der Waals surface area contributed by atoms with Crippen molar-refractivity contribution in [2.75, 3.05) is 13.2 Å². The highest BCUT2D eigenvalue weighted by atomic mass is 16.5. The van der Waals surface area contributed by atoms with Crippen LogP contribution in [0.4, 0.5) is 0 Å². The van der Waals surface area contributed by atoms with Crippen molar-refractivity contribution in [1.29, 1.82) is 5.26 Å². The van der Waals surface area contributed by atoms with Crippen LogP contribution in [0.1, 0.15) is 25.0 Å². The molecule has 15 heavy (non-hydrogen) atoms. The van der Waals surface area contributed by atoms with Crippen molar-refractivity contribution in [2.24, 2.45) is 0 Å². The average molecular weight is 205 g/mol. The lowest BCUT2D eigenvalue weighted by Gasteiger charge is -2.23. The van der Waals surface area contributed by atoms with E-state index in [0.29, 0.717) is 12.2 Å². The second kappa shape index (κ2) is 4.92. The molecule has 0 aliphatic heterocycles. The SMILES string of the molecule is CCOCC(C)(O)c1ccc(C#N)cc1. The molecule has 0 radical (unpaired) electrons. The summed E-state index contributed by atoms with van der Waals surface area (Å²) in [6.45, 7) is 4.42. The van der Waals surface area contributed by atoms with Crippen molar-refractivity contribution in [3.63, 3.8) is 0 Å². The molecule has 0 aliphatic carbocycles. The first-order chi connectivity index (χ1) is 7.10. The molecule has 1 aromatic rings. The van der Waals surface area contributed by atoms with E-state index < -0.39 is 5.60 Å². The molecule has 1 N–H and O–H groups in total. The van der Waals surface area contributed by atoms with Crippen LogP contribution in [0.2, 0.25) is 0 Å². The molecule has 0 heterocycles. The zero-order chi connectivity index (χ0) is 11.3. The van der Waals surface area contributed by atoms with Gasteiger partial charge in [0.1, 0.15) is 5.60 Å². The maximum Gasteiger partial charge on any atom is 0.110 e. The first-order valence-electron chi connectivity index (χ1n) is 4.91. The van der Waals surface area contributed by atoms with Gasteiger partial charge in [-0.2, -0.15) is 5.26 Å². The van der Waals surface area contributed by atoms with Gasteiger partial charge in [0.15, 0.2) is 0 Å². The van der Waals surface area contributed by atoms with Gasteiger partial charge in [-0.1, -0.05) is 12.1 Å². The Morgan fingerprint density at radius 2 is 2.00 bits per heavy atom. The molecule has 1 atom stereocenters. The number of aliphatic hydroxyl groups is 1. The third-order valence-corrected chi connectivity index (χ3v) is 2.22. The Hall–Kier alpha value is -1.37. The fraction of sp³-hybridized carbons (Fsp3) is 0.417. The molecule has 1 unspecified atom stereocenters. The largest absolute Gasteiger partial charge is 0.383 e. The number of ether oxygens (including phenoxy) is 1. The number of hydrogen-bond donors (Lipinski definition) is 1. The van der Waals surface area contributed by atoms with Crippen LogP contribution in [0.5, 0.6) is 0 Å². The monoisotopic (exact) mass is 205 g/mol. The molecule has 0 amide bonds. The third-order valence-electron chi connectivity index (χ3n) is 2.22. The van der Waals surface area contributed by atoms with Crippen molar-refractivity contribution >= 4 is 0 Å². The number of nitriles is 1. The number of rotatable bonds is 4. The predicted molar refractivity (Wildman–Crippen MR) is 57.2 cm³/mol. The summed E-state index contributed by atoms with van der Waals surface area (Å²) >= 11 is 0. The standard InChI is InChI=1S/C12H15NO2/c1-3-15-9-12(2,14)11-6-4-10(8-13)5-7-11/h4-7,14H,3,9H2,1-2H3. The molecule has 80 valence electrons. The lowest BCUT2D eigenvalue weighted by molar-refractivity contribution is -0.0343. The fourth-order valence-electron chi connectivity index (χ4n) is 1.29. The minimum absolute atomic E-state index is 0.259. The molecule has 0 bridgehead atoms. The molecular formula is C12H15NO2. The normalized spacial score (nSPS) is 14.3. The van der Waals surface area contributed by atoms with Crippen LogP contribution in [-0.4, -0.2) is 18.3 Å². The summed E-state index contributed by atoms with van der Waals surface area (Å²) in [6, 6.07) is 8.91. The summed E-state index contributed by atoms with van der Waals surface area (Å²) in [7, 11) is 0. The third kappa shape index (κ3) is 3.05. The first-order valence-corrected chi connectivity index (χ1v) is 4.91. The summed E-state index contributed by atoms with van der Waals surface area (Å²) < 4.78 is 5.19. The van der Waals surface area contributed by atoms with Gasteiger partial charge in [0.05, 0.1) is 18.2 Å². The van der Waals surface area contributed by atoms with Gasteiger partial charge in [0, 0.05) is 6.61 Å². The summed E-state index contributed by atoms with van der Waals surface area (Å²) in [5.41, 5.74) is 0.352. The average Bonchev–Trinajstić information content (AvgIpc) is 2.26. The topological polar surface area (TPSA) is 53.2 Å². The Bertz CT molecular complexity index is 349. The molecule has 0 aliphatic rings. The first kappa shape index (κ1) is 11.7. The van der Waals surface area contributed by atoms with Crippen LogP contribution in [0.25, 0.3) is 0 Å². The smallest absolute Gasteiger partial charge is 0.110 e. The number of nitrogens with zero attached hydrogens (tertiary/aromatic N) is 1. The zero-order valence-electron chi connectivity index (χ0n) is 9.03. The molecule has 0 spiro atoms. The summed E-state index contributed by atoms with van der Waals surface area (Å²) in [6.07, 6.45) is 0. The molecule has 3 heteroatoms. The lowest BCUT2D eigenvalue weighted by Crippen LogP contribution is -2.27. The van der Waals surface area contributed by atoms with Crippen LogP contribution in [0.15, 0.2) is 24.3 Å². The van der Waals surface area contributed by atoms with Gasteiger partial charge in [-0.3, -0.25) is 0 Å². The summed E-state index contributed by atoms with van der Waals surface area (Å²) in [4.78, 5) is 0. The highest BCUT2D eigenvalue weighted by molar-refractivity contribution is 5.33. The van der Waals surface area contributed by atoms with E-state index in [0.717, 1.165) is 5.56 Å². The van der Waals surface area contributed by atoms with Gasteiger partial charge >= 0.3 is 0 Å². The Kier molecular flexibility index (Phi) is 3.84. The van der Waals surface area contributed by atoms with Gasteiger partial charge in [0.25, 0.3) is 0 Å². The zero-order valence-corrected chi connectivity index (χ0v) is 9.03. The van der Waals surface area contributed by atoms with Crippen molar-refractivity contribution < 1.29 is 9.84 Å². The molecule has 0 aromatic heterocycles. The van der Waals surface area contributed by atoms with E-state index in [1.807, 2.05) is 13.0 Å². The molecule has 0 saturated carbocycles. The van der Waals surface area contributed by atoms with Crippen molar-refractivity contribution in [1.82, 2.24) is 0 Å². The van der Waals surface area contributed by atoms with Crippen molar-refractivity contribution in [2.45, 2.75) is 19.4 Å². The summed E-state index contributed by atoms with van der Waals surface area (Å²) in [5.74, 6) is 0. The van der Waals surface area contributed by atoms with E-state index in [-0.39, 0.29) is 6.61 Å². The van der Waals surface area contributed by atoms with E-state index >= 15 is 0 Å². The van der Waals surface area contributed by atoms with E-state index in [1.54, 1.807) is 31.2 Å². The quantitative estimate of drug-likeness (QED) is 0.815. The summed E-state index contributed by atoms with van der Waals surface area (Å²) in [5, 5.41) is 18.7. The molecular weight excluding hydrogens is 190 g/mol. The molecule has 0 fully saturated rings. The van der Waals surface area contributed by atoms with E-state index in [2.05, 4.69) is 0 Å².